The Morgan fingerprint density at radius 3 is 2.00 bits per heavy atom. The molecule has 2 nitrogen and oxygen atoms in total. The highest BCUT2D eigenvalue weighted by Gasteiger charge is 2.10. The Hall–Kier alpha value is -1.87. The van der Waals surface area contributed by atoms with Gasteiger partial charge in [0.05, 0.1) is 0 Å². The molecule has 0 spiro atoms. The Kier molecular flexibility index (Phi) is 4.97. The molecule has 0 heterocycles. The van der Waals surface area contributed by atoms with E-state index in [9.17, 15) is 4.39 Å². The fourth-order valence-corrected chi connectivity index (χ4v) is 2.33. The summed E-state index contributed by atoms with van der Waals surface area (Å²) >= 11 is 0. The molecule has 3 heteroatoms. The number of nitrogens with two attached hydrogens (primary N) is 1. The molecule has 0 bridgehead atoms. The zero-order chi connectivity index (χ0) is 15.4. The van der Waals surface area contributed by atoms with Gasteiger partial charge in [-0.15, -0.1) is 0 Å². The Morgan fingerprint density at radius 1 is 0.952 bits per heavy atom. The Morgan fingerprint density at radius 2 is 1.48 bits per heavy atom. The van der Waals surface area contributed by atoms with Gasteiger partial charge in [0.2, 0.25) is 0 Å². The Balaban J connectivity index is 2.03. The van der Waals surface area contributed by atoms with Crippen LogP contribution in [0.25, 0.3) is 0 Å². The number of hydrogen-bond acceptors (Lipinski definition) is 2. The van der Waals surface area contributed by atoms with Crippen LogP contribution in [-0.4, -0.2) is 13.6 Å². The minimum atomic E-state index is -0.222. The molecule has 2 rings (SSSR count). The summed E-state index contributed by atoms with van der Waals surface area (Å²) < 4.78 is 12.9. The van der Waals surface area contributed by atoms with Crippen molar-refractivity contribution < 1.29 is 4.39 Å². The van der Waals surface area contributed by atoms with Crippen molar-refractivity contribution in [3.63, 3.8) is 0 Å². The van der Waals surface area contributed by atoms with Crippen molar-refractivity contribution in [3.05, 3.63) is 65.5 Å². The molecular formula is C18H23FN2. The maximum Gasteiger partial charge on any atom is 0.123 e. The summed E-state index contributed by atoms with van der Waals surface area (Å²) in [5, 5.41) is 0. The van der Waals surface area contributed by atoms with E-state index in [1.165, 1.54) is 17.7 Å². The molecule has 112 valence electrons. The summed E-state index contributed by atoms with van der Waals surface area (Å²) in [4.78, 5) is 2.04. The fourth-order valence-electron chi connectivity index (χ4n) is 2.33. The lowest BCUT2D eigenvalue weighted by Gasteiger charge is -2.24. The van der Waals surface area contributed by atoms with Crippen LogP contribution in [0.15, 0.2) is 48.5 Å². The minimum absolute atomic E-state index is 0.0683. The lowest BCUT2D eigenvalue weighted by atomic mass is 9.99. The molecule has 0 radical (unpaired) electrons. The van der Waals surface area contributed by atoms with Crippen LogP contribution in [0.1, 0.15) is 36.9 Å². The van der Waals surface area contributed by atoms with E-state index in [1.807, 2.05) is 11.9 Å². The molecule has 2 N–H and O–H groups in total. The van der Waals surface area contributed by atoms with E-state index >= 15 is 0 Å². The van der Waals surface area contributed by atoms with Gasteiger partial charge in [0.25, 0.3) is 0 Å². The number of hydrogen-bond donors (Lipinski definition) is 1. The molecule has 0 aromatic heterocycles. The van der Waals surface area contributed by atoms with Crippen LogP contribution in [0, 0.1) is 5.82 Å². The SMILES string of the molecule is CC(C)c1ccc(C(N)CN(C)c2ccc(F)cc2)cc1. The molecule has 0 aliphatic carbocycles. The zero-order valence-electron chi connectivity index (χ0n) is 12.9. The third-order valence-electron chi connectivity index (χ3n) is 3.77. The number of nitrogens with zero attached hydrogens (tertiary/aromatic N) is 1. The fraction of sp³-hybridized carbons (Fsp3) is 0.333. The largest absolute Gasteiger partial charge is 0.373 e. The minimum Gasteiger partial charge on any atom is -0.373 e. The highest BCUT2D eigenvalue weighted by molar-refractivity contribution is 5.46. The van der Waals surface area contributed by atoms with Crippen molar-refractivity contribution in [2.45, 2.75) is 25.8 Å². The van der Waals surface area contributed by atoms with Gasteiger partial charge in [-0.25, -0.2) is 4.39 Å². The smallest absolute Gasteiger partial charge is 0.123 e. The van der Waals surface area contributed by atoms with E-state index in [0.717, 1.165) is 11.3 Å². The lowest BCUT2D eigenvalue weighted by Crippen LogP contribution is -2.28. The molecule has 0 saturated carbocycles. The first-order valence-corrected chi connectivity index (χ1v) is 7.29. The van der Waals surface area contributed by atoms with Crippen molar-refractivity contribution in [1.29, 1.82) is 0 Å². The summed E-state index contributed by atoms with van der Waals surface area (Å²) in [7, 11) is 1.97. The van der Waals surface area contributed by atoms with E-state index in [0.29, 0.717) is 12.5 Å². The number of halogens is 1. The van der Waals surface area contributed by atoms with Crippen LogP contribution >= 0.6 is 0 Å². The molecular weight excluding hydrogens is 263 g/mol. The highest BCUT2D eigenvalue weighted by atomic mass is 19.1. The number of anilines is 1. The van der Waals surface area contributed by atoms with Crippen LogP contribution in [0.2, 0.25) is 0 Å². The molecule has 0 saturated heterocycles. The summed E-state index contributed by atoms with van der Waals surface area (Å²) in [5.74, 6) is 0.304. The van der Waals surface area contributed by atoms with Gasteiger partial charge < -0.3 is 10.6 Å². The zero-order valence-corrected chi connectivity index (χ0v) is 12.9. The molecule has 0 amide bonds. The third kappa shape index (κ3) is 4.05. The molecule has 2 aromatic carbocycles. The van der Waals surface area contributed by atoms with Gasteiger partial charge >= 0.3 is 0 Å². The molecule has 2 aromatic rings. The average Bonchev–Trinajstić information content (AvgIpc) is 2.47. The monoisotopic (exact) mass is 286 g/mol. The number of rotatable bonds is 5. The maximum atomic E-state index is 12.9. The standard InChI is InChI=1S/C18H23FN2/c1-13(2)14-4-6-15(7-5-14)18(20)12-21(3)17-10-8-16(19)9-11-17/h4-11,13,18H,12,20H2,1-3H3. The van der Waals surface area contributed by atoms with E-state index in [4.69, 9.17) is 5.73 Å². The first kappa shape index (κ1) is 15.5. The summed E-state index contributed by atoms with van der Waals surface area (Å²) in [5.41, 5.74) is 9.67. The first-order chi connectivity index (χ1) is 9.97. The van der Waals surface area contributed by atoms with Gasteiger partial charge in [0.1, 0.15) is 5.82 Å². The normalized spacial score (nSPS) is 12.5. The van der Waals surface area contributed by atoms with Crippen LogP contribution in [-0.2, 0) is 0 Å². The Bertz CT molecular complexity index is 561. The average molecular weight is 286 g/mol. The van der Waals surface area contributed by atoms with Crippen LogP contribution in [0.4, 0.5) is 10.1 Å². The quantitative estimate of drug-likeness (QED) is 0.897. The molecule has 1 unspecified atom stereocenters. The van der Waals surface area contributed by atoms with Gasteiger partial charge in [0, 0.05) is 25.3 Å². The van der Waals surface area contributed by atoms with E-state index in [-0.39, 0.29) is 11.9 Å². The predicted molar refractivity (Wildman–Crippen MR) is 87.1 cm³/mol. The van der Waals surface area contributed by atoms with Crippen molar-refractivity contribution >= 4 is 5.69 Å². The predicted octanol–water partition coefficient (Wildman–Crippen LogP) is 4.09. The lowest BCUT2D eigenvalue weighted by molar-refractivity contribution is 0.627. The van der Waals surface area contributed by atoms with Crippen molar-refractivity contribution in [2.24, 2.45) is 5.73 Å². The Labute approximate surface area is 126 Å². The van der Waals surface area contributed by atoms with Crippen LogP contribution < -0.4 is 10.6 Å². The summed E-state index contributed by atoms with van der Waals surface area (Å²) in [6, 6.07) is 14.9. The van der Waals surface area contributed by atoms with Gasteiger partial charge in [-0.3, -0.25) is 0 Å². The second-order valence-corrected chi connectivity index (χ2v) is 5.78. The van der Waals surface area contributed by atoms with Crippen molar-refractivity contribution in [2.75, 3.05) is 18.5 Å². The van der Waals surface area contributed by atoms with E-state index in [2.05, 4.69) is 38.1 Å². The first-order valence-electron chi connectivity index (χ1n) is 7.29. The highest BCUT2D eigenvalue weighted by Crippen LogP contribution is 2.20. The van der Waals surface area contributed by atoms with E-state index < -0.39 is 0 Å². The van der Waals surface area contributed by atoms with Gasteiger partial charge in [-0.05, 0) is 41.3 Å². The number of likely N-dealkylation sites (N-methyl/N-ethyl adjacent to an activating group) is 1. The second-order valence-electron chi connectivity index (χ2n) is 5.78. The van der Waals surface area contributed by atoms with Gasteiger partial charge in [-0.1, -0.05) is 38.1 Å². The van der Waals surface area contributed by atoms with Crippen LogP contribution in [0.3, 0.4) is 0 Å². The van der Waals surface area contributed by atoms with E-state index in [1.54, 1.807) is 12.1 Å². The maximum absolute atomic E-state index is 12.9. The molecule has 21 heavy (non-hydrogen) atoms. The van der Waals surface area contributed by atoms with Crippen LogP contribution in [0.5, 0.6) is 0 Å². The molecule has 0 aliphatic rings. The van der Waals surface area contributed by atoms with Crippen molar-refractivity contribution in [1.82, 2.24) is 0 Å². The molecule has 1 atom stereocenters. The topological polar surface area (TPSA) is 29.3 Å². The summed E-state index contributed by atoms with van der Waals surface area (Å²) in [6.07, 6.45) is 0. The molecule has 0 fully saturated rings. The van der Waals surface area contributed by atoms with Crippen molar-refractivity contribution in [3.8, 4) is 0 Å². The van der Waals surface area contributed by atoms with Gasteiger partial charge in [0.15, 0.2) is 0 Å². The molecule has 0 aliphatic heterocycles. The second kappa shape index (κ2) is 6.72. The number of benzene rings is 2. The summed E-state index contributed by atoms with van der Waals surface area (Å²) in [6.45, 7) is 5.04. The van der Waals surface area contributed by atoms with Gasteiger partial charge in [-0.2, -0.15) is 0 Å². The third-order valence-corrected chi connectivity index (χ3v) is 3.77.